The molecule has 1 aromatic carbocycles. The highest BCUT2D eigenvalue weighted by molar-refractivity contribution is 9.10. The minimum Gasteiger partial charge on any atom is -0.207 e. The molecule has 0 radical (unpaired) electrons. The van der Waals surface area contributed by atoms with Crippen LogP contribution in [-0.2, 0) is 15.2 Å². The summed E-state index contributed by atoms with van der Waals surface area (Å²) in [7, 11) is 0.606. The third-order valence-electron chi connectivity index (χ3n) is 1.75. The number of alkyl halides is 3. The van der Waals surface area contributed by atoms with Crippen LogP contribution in [0.5, 0.6) is 0 Å². The Morgan fingerprint density at radius 1 is 1.35 bits per heavy atom. The van der Waals surface area contributed by atoms with Crippen molar-refractivity contribution >= 4 is 35.7 Å². The van der Waals surface area contributed by atoms with Gasteiger partial charge in [-0.2, -0.15) is 18.4 Å². The van der Waals surface area contributed by atoms with Crippen LogP contribution in [-0.4, -0.2) is 8.42 Å². The molecule has 0 fully saturated rings. The van der Waals surface area contributed by atoms with E-state index in [1.807, 2.05) is 0 Å². The molecule has 3 nitrogen and oxygen atoms in total. The molecular formula is C8H2BrClF3NO2S. The summed E-state index contributed by atoms with van der Waals surface area (Å²) in [6.45, 7) is 0. The molecule has 0 unspecified atom stereocenters. The van der Waals surface area contributed by atoms with Crippen LogP contribution in [0.25, 0.3) is 0 Å². The van der Waals surface area contributed by atoms with Crippen LogP contribution in [0, 0.1) is 11.3 Å². The predicted molar refractivity (Wildman–Crippen MR) is 56.9 cm³/mol. The van der Waals surface area contributed by atoms with E-state index in [0.29, 0.717) is 12.1 Å². The maximum absolute atomic E-state index is 12.4. The summed E-state index contributed by atoms with van der Waals surface area (Å²) in [6, 6.07) is 2.36. The molecule has 0 aliphatic rings. The Hall–Kier alpha value is -0.780. The largest absolute Gasteiger partial charge is 0.416 e. The Kier molecular flexibility index (Phi) is 3.76. The Labute approximate surface area is 107 Å². The molecule has 0 N–H and O–H groups in total. The molecular weight excluding hydrogens is 347 g/mol. The highest BCUT2D eigenvalue weighted by Crippen LogP contribution is 2.36. The Morgan fingerprint density at radius 2 is 1.88 bits per heavy atom. The molecule has 0 aliphatic heterocycles. The van der Waals surface area contributed by atoms with Gasteiger partial charge in [0.25, 0.3) is 9.05 Å². The Balaban J connectivity index is 3.70. The van der Waals surface area contributed by atoms with Gasteiger partial charge in [-0.1, -0.05) is 0 Å². The lowest BCUT2D eigenvalue weighted by atomic mass is 10.1. The van der Waals surface area contributed by atoms with Gasteiger partial charge in [-0.15, -0.1) is 0 Å². The molecule has 0 spiro atoms. The van der Waals surface area contributed by atoms with Crippen LogP contribution < -0.4 is 0 Å². The number of rotatable bonds is 1. The summed E-state index contributed by atoms with van der Waals surface area (Å²) in [5.74, 6) is 0. The van der Waals surface area contributed by atoms with Gasteiger partial charge in [-0.25, -0.2) is 8.42 Å². The molecule has 9 heteroatoms. The van der Waals surface area contributed by atoms with E-state index in [9.17, 15) is 21.6 Å². The number of nitriles is 1. The Bertz CT molecular complexity index is 606. The third-order valence-corrected chi connectivity index (χ3v) is 4.21. The van der Waals surface area contributed by atoms with Gasteiger partial charge in [-0.05, 0) is 28.1 Å². The monoisotopic (exact) mass is 347 g/mol. The molecule has 1 aromatic rings. The van der Waals surface area contributed by atoms with Crippen molar-refractivity contribution in [1.82, 2.24) is 0 Å². The first kappa shape index (κ1) is 14.3. The van der Waals surface area contributed by atoms with Crippen LogP contribution >= 0.6 is 26.6 Å². The molecule has 0 aliphatic carbocycles. The lowest BCUT2D eigenvalue weighted by Gasteiger charge is -2.10. The lowest BCUT2D eigenvalue weighted by Crippen LogP contribution is -2.08. The quantitative estimate of drug-likeness (QED) is 0.732. The van der Waals surface area contributed by atoms with Gasteiger partial charge in [0.05, 0.1) is 20.5 Å². The Morgan fingerprint density at radius 3 is 2.24 bits per heavy atom. The predicted octanol–water partition coefficient (Wildman–Crippen LogP) is 3.27. The fourth-order valence-corrected chi connectivity index (χ4v) is 3.21. The second-order valence-corrected chi connectivity index (χ2v) is 6.21. The summed E-state index contributed by atoms with van der Waals surface area (Å²) >= 11 is 2.72. The summed E-state index contributed by atoms with van der Waals surface area (Å²) in [6.07, 6.45) is -4.76. The normalized spacial score (nSPS) is 12.2. The van der Waals surface area contributed by atoms with Gasteiger partial charge in [0.2, 0.25) is 0 Å². The lowest BCUT2D eigenvalue weighted by molar-refractivity contribution is -0.137. The van der Waals surface area contributed by atoms with Crippen molar-refractivity contribution in [2.24, 2.45) is 0 Å². The van der Waals surface area contributed by atoms with Crippen LogP contribution in [0.1, 0.15) is 11.1 Å². The molecule has 1 rings (SSSR count). The molecule has 0 saturated carbocycles. The van der Waals surface area contributed by atoms with Crippen molar-refractivity contribution in [2.45, 2.75) is 11.1 Å². The highest BCUT2D eigenvalue weighted by atomic mass is 79.9. The van der Waals surface area contributed by atoms with Gasteiger partial charge < -0.3 is 0 Å². The minimum absolute atomic E-state index is 0.289. The van der Waals surface area contributed by atoms with E-state index in [1.54, 1.807) is 0 Å². The standard InChI is InChI=1S/C8H2BrClF3NO2S/c9-7-4(3-14)1-5(8(11,12)13)2-6(7)17(10,15)16/h1-2H. The van der Waals surface area contributed by atoms with Crippen molar-refractivity contribution in [3.8, 4) is 6.07 Å². The van der Waals surface area contributed by atoms with E-state index in [1.165, 1.54) is 6.07 Å². The maximum atomic E-state index is 12.4. The van der Waals surface area contributed by atoms with Crippen LogP contribution in [0.3, 0.4) is 0 Å². The van der Waals surface area contributed by atoms with E-state index < -0.39 is 31.2 Å². The second-order valence-electron chi connectivity index (χ2n) is 2.88. The first-order valence-corrected chi connectivity index (χ1v) is 6.93. The van der Waals surface area contributed by atoms with Crippen LogP contribution in [0.15, 0.2) is 21.5 Å². The van der Waals surface area contributed by atoms with Gasteiger partial charge >= 0.3 is 6.18 Å². The molecule has 0 amide bonds. The second kappa shape index (κ2) is 4.48. The molecule has 0 bridgehead atoms. The maximum Gasteiger partial charge on any atom is 0.416 e. The smallest absolute Gasteiger partial charge is 0.207 e. The molecule has 0 heterocycles. The molecule has 0 saturated heterocycles. The molecule has 92 valence electrons. The number of halogens is 5. The highest BCUT2D eigenvalue weighted by Gasteiger charge is 2.33. The fraction of sp³-hybridized carbons (Fsp3) is 0.125. The van der Waals surface area contributed by atoms with E-state index in [-0.39, 0.29) is 4.47 Å². The number of nitrogens with zero attached hydrogens (tertiary/aromatic N) is 1. The number of hydrogen-bond acceptors (Lipinski definition) is 3. The van der Waals surface area contributed by atoms with Crippen molar-refractivity contribution in [2.75, 3.05) is 0 Å². The topological polar surface area (TPSA) is 57.9 Å². The zero-order chi connectivity index (χ0) is 13.4. The van der Waals surface area contributed by atoms with Crippen LogP contribution in [0.2, 0.25) is 0 Å². The van der Waals surface area contributed by atoms with Gasteiger partial charge in [-0.3, -0.25) is 0 Å². The van der Waals surface area contributed by atoms with Crippen LogP contribution in [0.4, 0.5) is 13.2 Å². The summed E-state index contributed by atoms with van der Waals surface area (Å²) in [5.41, 5.74) is -1.71. The van der Waals surface area contributed by atoms with Crippen molar-refractivity contribution in [3.05, 3.63) is 27.7 Å². The summed E-state index contributed by atoms with van der Waals surface area (Å²) in [4.78, 5) is -0.787. The zero-order valence-electron chi connectivity index (χ0n) is 7.72. The van der Waals surface area contributed by atoms with E-state index in [0.717, 1.165) is 0 Å². The minimum atomic E-state index is -4.76. The average molecular weight is 349 g/mol. The van der Waals surface area contributed by atoms with E-state index in [4.69, 9.17) is 15.9 Å². The SMILES string of the molecule is N#Cc1cc(C(F)(F)F)cc(S(=O)(=O)Cl)c1Br. The van der Waals surface area contributed by atoms with Crippen molar-refractivity contribution in [3.63, 3.8) is 0 Å². The molecule has 0 aromatic heterocycles. The van der Waals surface area contributed by atoms with Crippen molar-refractivity contribution in [1.29, 1.82) is 5.26 Å². The fourth-order valence-electron chi connectivity index (χ4n) is 1.02. The summed E-state index contributed by atoms with van der Waals surface area (Å²) in [5, 5.41) is 8.61. The first-order chi connectivity index (χ1) is 7.57. The zero-order valence-corrected chi connectivity index (χ0v) is 10.9. The number of benzene rings is 1. The molecule has 17 heavy (non-hydrogen) atoms. The van der Waals surface area contributed by atoms with Gasteiger partial charge in [0, 0.05) is 10.7 Å². The first-order valence-electron chi connectivity index (χ1n) is 3.83. The van der Waals surface area contributed by atoms with Gasteiger partial charge in [0.1, 0.15) is 6.07 Å². The van der Waals surface area contributed by atoms with Gasteiger partial charge in [0.15, 0.2) is 0 Å². The van der Waals surface area contributed by atoms with E-state index >= 15 is 0 Å². The van der Waals surface area contributed by atoms with E-state index in [2.05, 4.69) is 15.9 Å². The third kappa shape index (κ3) is 3.12. The van der Waals surface area contributed by atoms with Crippen molar-refractivity contribution < 1.29 is 21.6 Å². The summed E-state index contributed by atoms with van der Waals surface area (Å²) < 4.78 is 59.2. The number of hydrogen-bond donors (Lipinski definition) is 0. The average Bonchev–Trinajstić information content (AvgIpc) is 2.14. The molecule has 0 atom stereocenters.